The van der Waals surface area contributed by atoms with Crippen molar-refractivity contribution in [2.45, 2.75) is 30.9 Å². The molecule has 0 radical (unpaired) electrons. The number of aromatic nitrogens is 2. The summed E-state index contributed by atoms with van der Waals surface area (Å²) in [5.74, 6) is -1.01. The van der Waals surface area contributed by atoms with Gasteiger partial charge in [-0.2, -0.15) is 5.10 Å². The molecule has 2 aromatic carbocycles. The lowest BCUT2D eigenvalue weighted by Crippen LogP contribution is -2.41. The summed E-state index contributed by atoms with van der Waals surface area (Å²) in [6, 6.07) is 9.10. The molecular formula is C25H21F6N3O5. The molecule has 2 N–H and O–H groups in total. The number of anilines is 1. The van der Waals surface area contributed by atoms with Crippen molar-refractivity contribution in [3.05, 3.63) is 76.1 Å². The first-order valence-corrected chi connectivity index (χ1v) is 11.4. The number of aliphatic hydroxyl groups is 1. The largest absolute Gasteiger partial charge is 0.487 e. The van der Waals surface area contributed by atoms with Crippen molar-refractivity contribution in [1.82, 2.24) is 9.78 Å². The van der Waals surface area contributed by atoms with Crippen LogP contribution in [0, 0.1) is 0 Å². The minimum Gasteiger partial charge on any atom is -0.487 e. The molecule has 1 aromatic heterocycles. The summed E-state index contributed by atoms with van der Waals surface area (Å²) in [5, 5.41) is 16.4. The lowest BCUT2D eigenvalue weighted by molar-refractivity contribution is -0.183. The van der Waals surface area contributed by atoms with Crippen LogP contribution in [0.5, 0.6) is 5.75 Å². The number of nitrogens with zero attached hydrogens (tertiary/aromatic N) is 2. The number of hydrogen-bond acceptors (Lipinski definition) is 6. The van der Waals surface area contributed by atoms with Gasteiger partial charge in [0, 0.05) is 17.4 Å². The molecule has 0 saturated carbocycles. The van der Waals surface area contributed by atoms with E-state index in [1.165, 1.54) is 35.1 Å². The molecule has 0 atom stereocenters. The number of halogens is 6. The lowest BCUT2D eigenvalue weighted by Gasteiger charge is -2.28. The number of benzene rings is 2. The van der Waals surface area contributed by atoms with Gasteiger partial charge in [0.1, 0.15) is 23.6 Å². The summed E-state index contributed by atoms with van der Waals surface area (Å²) in [7, 11) is 0. The quantitative estimate of drug-likeness (QED) is 0.364. The van der Waals surface area contributed by atoms with Gasteiger partial charge in [0.05, 0.1) is 19.3 Å². The van der Waals surface area contributed by atoms with Gasteiger partial charge in [0.15, 0.2) is 0 Å². The Morgan fingerprint density at radius 3 is 2.28 bits per heavy atom. The molecular weight excluding hydrogens is 536 g/mol. The van der Waals surface area contributed by atoms with E-state index in [2.05, 4.69) is 10.4 Å². The predicted molar refractivity (Wildman–Crippen MR) is 126 cm³/mol. The standard InChI is InChI=1S/C25H21F6N3O5/c26-19(27)12-39-18-4-2-1-3-16(18)20-21(35)17(9-34(33-20)15-10-38-11-15)22(36)32-14-7-5-13(6-8-14)25(37,23(28)29)24(30)31/h1-9,15,19,23-24,37H,10-12H2,(H,32,36). The van der Waals surface area contributed by atoms with E-state index >= 15 is 0 Å². The maximum atomic E-state index is 13.3. The molecule has 14 heteroatoms. The molecule has 39 heavy (non-hydrogen) atoms. The highest BCUT2D eigenvalue weighted by Gasteiger charge is 2.48. The summed E-state index contributed by atoms with van der Waals surface area (Å²) < 4.78 is 89.6. The number of carbonyl (C=O) groups is 1. The SMILES string of the molecule is O=C(Nc1ccc(C(O)(C(F)F)C(F)F)cc1)c1cn(C2COC2)nc(-c2ccccc2OCC(F)F)c1=O. The van der Waals surface area contributed by atoms with E-state index in [9.17, 15) is 41.0 Å². The Morgan fingerprint density at radius 1 is 1.08 bits per heavy atom. The Morgan fingerprint density at radius 2 is 1.72 bits per heavy atom. The van der Waals surface area contributed by atoms with Gasteiger partial charge in [-0.25, -0.2) is 26.3 Å². The van der Waals surface area contributed by atoms with Crippen molar-refractivity contribution in [2.24, 2.45) is 0 Å². The molecule has 1 aliphatic heterocycles. The maximum Gasteiger partial charge on any atom is 0.276 e. The number of nitrogens with one attached hydrogen (secondary N) is 1. The van der Waals surface area contributed by atoms with E-state index in [0.717, 1.165) is 24.3 Å². The van der Waals surface area contributed by atoms with Crippen LogP contribution in [-0.4, -0.2) is 59.9 Å². The number of amides is 1. The van der Waals surface area contributed by atoms with Gasteiger partial charge in [-0.3, -0.25) is 14.3 Å². The predicted octanol–water partition coefficient (Wildman–Crippen LogP) is 4.10. The fourth-order valence-electron chi connectivity index (χ4n) is 3.72. The van der Waals surface area contributed by atoms with Crippen LogP contribution in [0.15, 0.2) is 59.5 Å². The summed E-state index contributed by atoms with van der Waals surface area (Å²) in [4.78, 5) is 26.4. The lowest BCUT2D eigenvalue weighted by atomic mass is 9.94. The molecule has 0 bridgehead atoms. The number of carbonyl (C=O) groups excluding carboxylic acids is 1. The second-order valence-electron chi connectivity index (χ2n) is 8.55. The molecule has 208 valence electrons. The topological polar surface area (TPSA) is 103 Å². The minimum atomic E-state index is -3.78. The highest BCUT2D eigenvalue weighted by molar-refractivity contribution is 6.04. The average molecular weight is 557 g/mol. The first-order valence-electron chi connectivity index (χ1n) is 11.4. The van der Waals surface area contributed by atoms with Gasteiger partial charge in [-0.15, -0.1) is 0 Å². The van der Waals surface area contributed by atoms with Gasteiger partial charge in [0.2, 0.25) is 11.0 Å². The number of alkyl halides is 6. The summed E-state index contributed by atoms with van der Waals surface area (Å²) >= 11 is 0. The van der Waals surface area contributed by atoms with E-state index in [1.54, 1.807) is 0 Å². The Kier molecular flexibility index (Phi) is 8.25. The van der Waals surface area contributed by atoms with Gasteiger partial charge in [0.25, 0.3) is 25.2 Å². The third kappa shape index (κ3) is 5.76. The normalized spacial score (nSPS) is 14.1. The highest BCUT2D eigenvalue weighted by atomic mass is 19.3. The first-order chi connectivity index (χ1) is 18.5. The van der Waals surface area contributed by atoms with Crippen molar-refractivity contribution < 1.29 is 45.7 Å². The molecule has 0 spiro atoms. The summed E-state index contributed by atoms with van der Waals surface area (Å²) in [6.45, 7) is -0.471. The van der Waals surface area contributed by atoms with Gasteiger partial charge in [-0.1, -0.05) is 24.3 Å². The highest BCUT2D eigenvalue weighted by Crippen LogP contribution is 2.35. The molecule has 0 aliphatic carbocycles. The van der Waals surface area contributed by atoms with Crippen LogP contribution in [0.2, 0.25) is 0 Å². The maximum absolute atomic E-state index is 13.3. The average Bonchev–Trinajstić information content (AvgIpc) is 2.87. The van der Waals surface area contributed by atoms with Crippen LogP contribution in [-0.2, 0) is 10.3 Å². The Balaban J connectivity index is 1.68. The number of ether oxygens (including phenoxy) is 2. The van der Waals surface area contributed by atoms with Crippen LogP contribution in [0.4, 0.5) is 32.0 Å². The smallest absolute Gasteiger partial charge is 0.276 e. The summed E-state index contributed by atoms with van der Waals surface area (Å²) in [5.41, 5.74) is -5.99. The molecule has 4 rings (SSSR count). The zero-order valence-electron chi connectivity index (χ0n) is 19.9. The molecule has 1 amide bonds. The van der Waals surface area contributed by atoms with Crippen LogP contribution >= 0.6 is 0 Å². The Labute approximate surface area is 216 Å². The Hall–Kier alpha value is -3.91. The monoisotopic (exact) mass is 557 g/mol. The molecule has 3 aromatic rings. The zero-order chi connectivity index (χ0) is 28.3. The van der Waals surface area contributed by atoms with Crippen LogP contribution < -0.4 is 15.5 Å². The fraction of sp³-hybridized carbons (Fsp3) is 0.320. The summed E-state index contributed by atoms with van der Waals surface area (Å²) in [6.07, 6.45) is -9.17. The van der Waals surface area contributed by atoms with Crippen molar-refractivity contribution in [3.63, 3.8) is 0 Å². The van der Waals surface area contributed by atoms with E-state index in [-0.39, 0.29) is 41.9 Å². The molecule has 1 aliphatic rings. The second kappa shape index (κ2) is 11.5. The van der Waals surface area contributed by atoms with Gasteiger partial charge in [-0.05, 0) is 29.8 Å². The van der Waals surface area contributed by atoms with E-state index in [1.807, 2.05) is 0 Å². The third-order valence-electron chi connectivity index (χ3n) is 5.95. The van der Waals surface area contributed by atoms with E-state index in [0.29, 0.717) is 0 Å². The van der Waals surface area contributed by atoms with Gasteiger partial charge >= 0.3 is 0 Å². The second-order valence-corrected chi connectivity index (χ2v) is 8.55. The van der Waals surface area contributed by atoms with Crippen LogP contribution in [0.3, 0.4) is 0 Å². The molecule has 2 heterocycles. The van der Waals surface area contributed by atoms with Crippen LogP contribution in [0.1, 0.15) is 22.0 Å². The van der Waals surface area contributed by atoms with Crippen molar-refractivity contribution in [2.75, 3.05) is 25.1 Å². The Bertz CT molecular complexity index is 1370. The van der Waals surface area contributed by atoms with Crippen molar-refractivity contribution in [3.8, 4) is 17.0 Å². The van der Waals surface area contributed by atoms with Crippen molar-refractivity contribution >= 4 is 11.6 Å². The third-order valence-corrected chi connectivity index (χ3v) is 5.95. The first kappa shape index (κ1) is 28.1. The molecule has 1 saturated heterocycles. The number of para-hydroxylation sites is 1. The minimum absolute atomic E-state index is 0.0495. The molecule has 0 unspecified atom stereocenters. The fourth-order valence-corrected chi connectivity index (χ4v) is 3.72. The molecule has 1 fully saturated rings. The van der Waals surface area contributed by atoms with E-state index < -0.39 is 53.9 Å². The number of rotatable bonds is 10. The molecule has 8 nitrogen and oxygen atoms in total. The zero-order valence-corrected chi connectivity index (χ0v) is 19.9. The van der Waals surface area contributed by atoms with Crippen LogP contribution in [0.25, 0.3) is 11.3 Å². The van der Waals surface area contributed by atoms with Gasteiger partial charge < -0.3 is 19.9 Å². The number of hydrogen-bond donors (Lipinski definition) is 2. The van der Waals surface area contributed by atoms with Crippen molar-refractivity contribution in [1.29, 1.82) is 0 Å². The van der Waals surface area contributed by atoms with E-state index in [4.69, 9.17) is 9.47 Å².